The summed E-state index contributed by atoms with van der Waals surface area (Å²) in [6, 6.07) is 8.28. The molecule has 0 radical (unpaired) electrons. The van der Waals surface area contributed by atoms with Crippen LogP contribution in [-0.4, -0.2) is 55.6 Å². The molecule has 28 heavy (non-hydrogen) atoms. The van der Waals surface area contributed by atoms with E-state index in [9.17, 15) is 4.79 Å². The molecule has 4 heteroatoms. The van der Waals surface area contributed by atoms with Crippen molar-refractivity contribution in [2.45, 2.75) is 45.1 Å². The van der Waals surface area contributed by atoms with Gasteiger partial charge in [0.25, 0.3) is 5.91 Å². The van der Waals surface area contributed by atoms with E-state index in [0.717, 1.165) is 62.7 Å². The van der Waals surface area contributed by atoms with Crippen molar-refractivity contribution in [2.75, 3.05) is 39.9 Å². The molecule has 152 valence electrons. The lowest BCUT2D eigenvalue weighted by atomic mass is 9.49. The minimum atomic E-state index is 0.194. The second-order valence-corrected chi connectivity index (χ2v) is 10.2. The van der Waals surface area contributed by atoms with E-state index in [1.807, 2.05) is 24.1 Å². The minimum absolute atomic E-state index is 0.194. The molecule has 5 aliphatic rings. The van der Waals surface area contributed by atoms with Gasteiger partial charge in [-0.3, -0.25) is 9.69 Å². The SMILES string of the molecule is CN(CC12CC3CC(CC(C3)C1)C2)C(=O)c1cccc(CN2CCOCC2)c1. The molecule has 0 spiro atoms. The van der Waals surface area contributed by atoms with Crippen molar-refractivity contribution in [3.05, 3.63) is 35.4 Å². The van der Waals surface area contributed by atoms with E-state index >= 15 is 0 Å². The maximum Gasteiger partial charge on any atom is 0.253 e. The molecular formula is C24H34N2O2. The van der Waals surface area contributed by atoms with E-state index in [-0.39, 0.29) is 5.91 Å². The fourth-order valence-electron chi connectivity index (χ4n) is 7.10. The third-order valence-corrected chi connectivity index (χ3v) is 7.77. The Kier molecular flexibility index (Phi) is 4.96. The van der Waals surface area contributed by atoms with Gasteiger partial charge in [0.05, 0.1) is 13.2 Å². The van der Waals surface area contributed by atoms with Crippen molar-refractivity contribution in [3.8, 4) is 0 Å². The topological polar surface area (TPSA) is 32.8 Å². The molecule has 0 unspecified atom stereocenters. The summed E-state index contributed by atoms with van der Waals surface area (Å²) in [5, 5.41) is 0. The van der Waals surface area contributed by atoms with Crippen LogP contribution >= 0.6 is 0 Å². The monoisotopic (exact) mass is 382 g/mol. The van der Waals surface area contributed by atoms with E-state index in [4.69, 9.17) is 4.74 Å². The summed E-state index contributed by atoms with van der Waals surface area (Å²) >= 11 is 0. The molecule has 4 nitrogen and oxygen atoms in total. The number of carbonyl (C=O) groups is 1. The molecule has 1 aromatic carbocycles. The van der Waals surface area contributed by atoms with E-state index in [1.165, 1.54) is 44.1 Å². The Bertz CT molecular complexity index is 690. The Morgan fingerprint density at radius 1 is 1.11 bits per heavy atom. The average molecular weight is 383 g/mol. The summed E-state index contributed by atoms with van der Waals surface area (Å²) in [5.41, 5.74) is 2.49. The van der Waals surface area contributed by atoms with Gasteiger partial charge in [-0.2, -0.15) is 0 Å². The fraction of sp³-hybridized carbons (Fsp3) is 0.708. The number of rotatable bonds is 5. The molecule has 1 amide bonds. The van der Waals surface area contributed by atoms with Crippen LogP contribution in [0.3, 0.4) is 0 Å². The first-order chi connectivity index (χ1) is 13.6. The molecule has 0 N–H and O–H groups in total. The smallest absolute Gasteiger partial charge is 0.253 e. The summed E-state index contributed by atoms with van der Waals surface area (Å²) in [5.74, 6) is 3.00. The highest BCUT2D eigenvalue weighted by atomic mass is 16.5. The molecule has 5 fully saturated rings. The van der Waals surface area contributed by atoms with Gasteiger partial charge in [0.15, 0.2) is 0 Å². The molecule has 4 aliphatic carbocycles. The lowest BCUT2D eigenvalue weighted by Crippen LogP contribution is -2.51. The van der Waals surface area contributed by atoms with Crippen molar-refractivity contribution in [2.24, 2.45) is 23.2 Å². The first-order valence-corrected chi connectivity index (χ1v) is 11.2. The number of ether oxygens (including phenoxy) is 1. The second-order valence-electron chi connectivity index (χ2n) is 10.2. The van der Waals surface area contributed by atoms with Gasteiger partial charge in [0.2, 0.25) is 0 Å². The van der Waals surface area contributed by atoms with Crippen molar-refractivity contribution in [3.63, 3.8) is 0 Å². The third kappa shape index (κ3) is 3.73. The summed E-state index contributed by atoms with van der Waals surface area (Å²) in [6.45, 7) is 5.43. The fourth-order valence-corrected chi connectivity index (χ4v) is 7.10. The largest absolute Gasteiger partial charge is 0.379 e. The molecule has 0 atom stereocenters. The standard InChI is InChI=1S/C24H34N2O2/c1-25(17-24-13-19-9-20(14-24)11-21(10-19)15-24)23(27)22-4-2-3-18(12-22)16-26-5-7-28-8-6-26/h2-4,12,19-21H,5-11,13-17H2,1H3. The Morgan fingerprint density at radius 2 is 1.75 bits per heavy atom. The molecule has 1 saturated heterocycles. The molecule has 6 rings (SSSR count). The highest BCUT2D eigenvalue weighted by molar-refractivity contribution is 5.94. The van der Waals surface area contributed by atoms with Crippen LogP contribution in [0, 0.1) is 23.2 Å². The lowest BCUT2D eigenvalue weighted by Gasteiger charge is -2.57. The highest BCUT2D eigenvalue weighted by Crippen LogP contribution is 2.60. The Morgan fingerprint density at radius 3 is 2.39 bits per heavy atom. The number of amides is 1. The molecule has 4 bridgehead atoms. The molecule has 0 aromatic heterocycles. The molecule has 1 heterocycles. The van der Waals surface area contributed by atoms with Crippen LogP contribution in [-0.2, 0) is 11.3 Å². The zero-order valence-electron chi connectivity index (χ0n) is 17.2. The number of morpholine rings is 1. The summed E-state index contributed by atoms with van der Waals surface area (Å²) in [6.07, 6.45) is 8.44. The second kappa shape index (κ2) is 7.46. The number of hydrogen-bond donors (Lipinski definition) is 0. The van der Waals surface area contributed by atoms with Crippen LogP contribution in [0.5, 0.6) is 0 Å². The zero-order valence-corrected chi connectivity index (χ0v) is 17.2. The van der Waals surface area contributed by atoms with E-state index < -0.39 is 0 Å². The van der Waals surface area contributed by atoms with Gasteiger partial charge in [0.1, 0.15) is 0 Å². The van der Waals surface area contributed by atoms with E-state index in [2.05, 4.69) is 17.0 Å². The maximum atomic E-state index is 13.2. The molecule has 1 aliphatic heterocycles. The van der Waals surface area contributed by atoms with Crippen molar-refractivity contribution in [1.82, 2.24) is 9.80 Å². The first kappa shape index (κ1) is 18.6. The number of benzene rings is 1. The predicted molar refractivity (Wildman–Crippen MR) is 110 cm³/mol. The highest BCUT2D eigenvalue weighted by Gasteiger charge is 2.51. The summed E-state index contributed by atoms with van der Waals surface area (Å²) in [4.78, 5) is 17.6. The van der Waals surface area contributed by atoms with Crippen LogP contribution in [0.15, 0.2) is 24.3 Å². The van der Waals surface area contributed by atoms with E-state index in [0.29, 0.717) is 5.41 Å². The van der Waals surface area contributed by atoms with Gasteiger partial charge in [-0.1, -0.05) is 12.1 Å². The van der Waals surface area contributed by atoms with Crippen LogP contribution < -0.4 is 0 Å². The van der Waals surface area contributed by atoms with Gasteiger partial charge in [-0.25, -0.2) is 0 Å². The van der Waals surface area contributed by atoms with Gasteiger partial charge >= 0.3 is 0 Å². The molecular weight excluding hydrogens is 348 g/mol. The van der Waals surface area contributed by atoms with Crippen molar-refractivity contribution < 1.29 is 9.53 Å². The predicted octanol–water partition coefficient (Wildman–Crippen LogP) is 3.81. The number of hydrogen-bond acceptors (Lipinski definition) is 3. The molecule has 1 aromatic rings. The van der Waals surface area contributed by atoms with Crippen LogP contribution in [0.25, 0.3) is 0 Å². The molecule has 4 saturated carbocycles. The average Bonchev–Trinajstić information content (AvgIpc) is 2.67. The Labute approximate surface area is 169 Å². The number of carbonyl (C=O) groups excluding carboxylic acids is 1. The Balaban J connectivity index is 1.25. The van der Waals surface area contributed by atoms with Gasteiger partial charge in [-0.05, 0) is 79.4 Å². The Hall–Kier alpha value is -1.39. The van der Waals surface area contributed by atoms with Crippen molar-refractivity contribution in [1.29, 1.82) is 0 Å². The summed E-state index contributed by atoms with van der Waals surface area (Å²) in [7, 11) is 2.02. The van der Waals surface area contributed by atoms with Gasteiger partial charge in [-0.15, -0.1) is 0 Å². The number of nitrogens with zero attached hydrogens (tertiary/aromatic N) is 2. The van der Waals surface area contributed by atoms with Crippen LogP contribution in [0.4, 0.5) is 0 Å². The van der Waals surface area contributed by atoms with Crippen molar-refractivity contribution >= 4 is 5.91 Å². The van der Waals surface area contributed by atoms with Gasteiger partial charge < -0.3 is 9.64 Å². The lowest BCUT2D eigenvalue weighted by molar-refractivity contribution is -0.0629. The summed E-state index contributed by atoms with van der Waals surface area (Å²) < 4.78 is 5.44. The van der Waals surface area contributed by atoms with Crippen LogP contribution in [0.2, 0.25) is 0 Å². The minimum Gasteiger partial charge on any atom is -0.379 e. The van der Waals surface area contributed by atoms with E-state index in [1.54, 1.807) is 0 Å². The quantitative estimate of drug-likeness (QED) is 0.776. The normalized spacial score (nSPS) is 34.5. The first-order valence-electron chi connectivity index (χ1n) is 11.2. The van der Waals surface area contributed by atoms with Gasteiger partial charge in [0, 0.05) is 38.8 Å². The zero-order chi connectivity index (χ0) is 19.1. The maximum absolute atomic E-state index is 13.2. The van der Waals surface area contributed by atoms with Crippen LogP contribution in [0.1, 0.15) is 54.4 Å². The third-order valence-electron chi connectivity index (χ3n) is 7.77.